The van der Waals surface area contributed by atoms with Gasteiger partial charge in [0, 0.05) is 12.3 Å². The second-order valence-electron chi connectivity index (χ2n) is 1.98. The summed E-state index contributed by atoms with van der Waals surface area (Å²) in [6.07, 6.45) is 2.18. The van der Waals surface area contributed by atoms with E-state index in [1.807, 2.05) is 0 Å². The molecule has 0 aliphatic heterocycles. The SMILES string of the molecule is C=CC(=O)OC(C)N(C=C)C=O. The topological polar surface area (TPSA) is 46.6 Å². The lowest BCUT2D eigenvalue weighted by Gasteiger charge is -2.19. The van der Waals surface area contributed by atoms with E-state index in [1.165, 1.54) is 6.20 Å². The molecule has 0 aliphatic carbocycles. The molecule has 0 fully saturated rings. The first kappa shape index (κ1) is 10.4. The lowest BCUT2D eigenvalue weighted by atomic mass is 10.5. The van der Waals surface area contributed by atoms with E-state index in [9.17, 15) is 9.59 Å². The van der Waals surface area contributed by atoms with Crippen molar-refractivity contribution >= 4 is 12.4 Å². The number of esters is 1. The second-order valence-corrected chi connectivity index (χ2v) is 1.98. The molecule has 4 nitrogen and oxygen atoms in total. The van der Waals surface area contributed by atoms with Gasteiger partial charge in [-0.15, -0.1) is 0 Å². The highest BCUT2D eigenvalue weighted by atomic mass is 16.6. The zero-order valence-corrected chi connectivity index (χ0v) is 6.90. The van der Waals surface area contributed by atoms with Gasteiger partial charge in [-0.05, 0) is 6.92 Å². The molecule has 0 spiro atoms. The average molecular weight is 169 g/mol. The Kier molecular flexibility index (Phi) is 4.45. The number of carbonyl (C=O) groups excluding carboxylic acids is 2. The summed E-state index contributed by atoms with van der Waals surface area (Å²) in [7, 11) is 0. The lowest BCUT2D eigenvalue weighted by molar-refractivity contribution is -0.151. The normalized spacial score (nSPS) is 11.1. The number of hydrogen-bond donors (Lipinski definition) is 0. The molecule has 0 rings (SSSR count). The number of nitrogens with zero attached hydrogens (tertiary/aromatic N) is 1. The predicted octanol–water partition coefficient (Wildman–Crippen LogP) is 0.663. The van der Waals surface area contributed by atoms with Crippen molar-refractivity contribution in [1.29, 1.82) is 0 Å². The fourth-order valence-electron chi connectivity index (χ4n) is 0.554. The van der Waals surface area contributed by atoms with Gasteiger partial charge < -0.3 is 4.74 Å². The van der Waals surface area contributed by atoms with Crippen LogP contribution in [-0.2, 0) is 14.3 Å². The third-order valence-electron chi connectivity index (χ3n) is 1.21. The van der Waals surface area contributed by atoms with E-state index in [1.54, 1.807) is 6.92 Å². The van der Waals surface area contributed by atoms with Gasteiger partial charge in [0.25, 0.3) is 0 Å². The molecule has 0 saturated carbocycles. The number of carbonyl (C=O) groups is 2. The van der Waals surface area contributed by atoms with Gasteiger partial charge in [-0.3, -0.25) is 9.69 Å². The smallest absolute Gasteiger partial charge is 0.332 e. The molecule has 0 bridgehead atoms. The summed E-state index contributed by atoms with van der Waals surface area (Å²) >= 11 is 0. The van der Waals surface area contributed by atoms with Gasteiger partial charge in [0.05, 0.1) is 0 Å². The largest absolute Gasteiger partial charge is 0.438 e. The van der Waals surface area contributed by atoms with Crippen LogP contribution in [0.1, 0.15) is 6.92 Å². The molecule has 0 aromatic carbocycles. The zero-order chi connectivity index (χ0) is 9.56. The van der Waals surface area contributed by atoms with Crippen LogP contribution < -0.4 is 0 Å². The summed E-state index contributed by atoms with van der Waals surface area (Å²) in [4.78, 5) is 22.1. The molecule has 1 unspecified atom stereocenters. The van der Waals surface area contributed by atoms with Crippen LogP contribution in [0.2, 0.25) is 0 Å². The van der Waals surface area contributed by atoms with Crippen molar-refractivity contribution in [2.75, 3.05) is 0 Å². The number of amides is 1. The number of rotatable bonds is 5. The second kappa shape index (κ2) is 5.12. The Morgan fingerprint density at radius 3 is 2.50 bits per heavy atom. The Hall–Kier alpha value is -1.58. The molecule has 4 heteroatoms. The highest BCUT2D eigenvalue weighted by Crippen LogP contribution is 1.98. The van der Waals surface area contributed by atoms with Gasteiger partial charge in [0.15, 0.2) is 6.23 Å². The molecular formula is C8H11NO3. The molecule has 0 aromatic rings. The summed E-state index contributed by atoms with van der Waals surface area (Å²) in [5.41, 5.74) is 0. The standard InChI is InChI=1S/C8H11NO3/c1-4-8(11)12-7(3)9(5-2)6-10/h4-7H,1-2H2,3H3. The summed E-state index contributed by atoms with van der Waals surface area (Å²) in [5, 5.41) is 0. The summed E-state index contributed by atoms with van der Waals surface area (Å²) < 4.78 is 4.71. The quantitative estimate of drug-likeness (QED) is 0.263. The average Bonchev–Trinajstić information content (AvgIpc) is 2.06. The molecule has 1 amide bonds. The van der Waals surface area contributed by atoms with Crippen molar-refractivity contribution in [3.05, 3.63) is 25.4 Å². The monoisotopic (exact) mass is 169 g/mol. The number of ether oxygens (including phenoxy) is 1. The van der Waals surface area contributed by atoms with E-state index in [4.69, 9.17) is 4.74 Å². The summed E-state index contributed by atoms with van der Waals surface area (Å²) in [6, 6.07) is 0. The first-order chi connectivity index (χ1) is 5.65. The fraction of sp³-hybridized carbons (Fsp3) is 0.250. The molecule has 0 aliphatic rings. The molecule has 0 radical (unpaired) electrons. The first-order valence-electron chi connectivity index (χ1n) is 3.34. The van der Waals surface area contributed by atoms with Crippen molar-refractivity contribution < 1.29 is 14.3 Å². The van der Waals surface area contributed by atoms with Gasteiger partial charge in [-0.2, -0.15) is 0 Å². The van der Waals surface area contributed by atoms with Gasteiger partial charge in [0.1, 0.15) is 0 Å². The van der Waals surface area contributed by atoms with Crippen molar-refractivity contribution in [3.63, 3.8) is 0 Å². The molecule has 0 aromatic heterocycles. The van der Waals surface area contributed by atoms with Gasteiger partial charge in [-0.1, -0.05) is 13.2 Å². The maximum Gasteiger partial charge on any atom is 0.332 e. The van der Waals surface area contributed by atoms with Crippen molar-refractivity contribution in [2.24, 2.45) is 0 Å². The van der Waals surface area contributed by atoms with E-state index >= 15 is 0 Å². The molecule has 0 heterocycles. The van der Waals surface area contributed by atoms with Gasteiger partial charge >= 0.3 is 5.97 Å². The third kappa shape index (κ3) is 3.01. The number of hydrogen-bond acceptors (Lipinski definition) is 3. The maximum absolute atomic E-state index is 10.6. The highest BCUT2D eigenvalue weighted by Gasteiger charge is 2.10. The molecular weight excluding hydrogens is 158 g/mol. The Morgan fingerprint density at radius 1 is 1.58 bits per heavy atom. The minimum Gasteiger partial charge on any atom is -0.438 e. The Morgan fingerprint density at radius 2 is 2.17 bits per heavy atom. The summed E-state index contributed by atoms with van der Waals surface area (Å²) in [6.45, 7) is 8.13. The van der Waals surface area contributed by atoms with Crippen LogP contribution in [0.3, 0.4) is 0 Å². The van der Waals surface area contributed by atoms with Crippen molar-refractivity contribution in [2.45, 2.75) is 13.2 Å². The van der Waals surface area contributed by atoms with Crippen molar-refractivity contribution in [3.8, 4) is 0 Å². The molecule has 12 heavy (non-hydrogen) atoms. The summed E-state index contributed by atoms with van der Waals surface area (Å²) in [5.74, 6) is -0.573. The van der Waals surface area contributed by atoms with Crippen molar-refractivity contribution in [1.82, 2.24) is 4.90 Å². The van der Waals surface area contributed by atoms with E-state index in [0.717, 1.165) is 11.0 Å². The third-order valence-corrected chi connectivity index (χ3v) is 1.21. The fourth-order valence-corrected chi connectivity index (χ4v) is 0.554. The van der Waals surface area contributed by atoms with Crippen LogP contribution in [0.25, 0.3) is 0 Å². The Labute approximate surface area is 71.1 Å². The van der Waals surface area contributed by atoms with Crippen LogP contribution >= 0.6 is 0 Å². The molecule has 0 saturated heterocycles. The maximum atomic E-state index is 10.6. The van der Waals surface area contributed by atoms with Crippen LogP contribution in [0.4, 0.5) is 0 Å². The van der Waals surface area contributed by atoms with E-state index in [-0.39, 0.29) is 0 Å². The first-order valence-corrected chi connectivity index (χ1v) is 3.34. The zero-order valence-electron chi connectivity index (χ0n) is 6.90. The van der Waals surface area contributed by atoms with Crippen LogP contribution in [0.5, 0.6) is 0 Å². The van der Waals surface area contributed by atoms with Crippen LogP contribution in [0.15, 0.2) is 25.4 Å². The lowest BCUT2D eigenvalue weighted by Crippen LogP contribution is -2.30. The minimum absolute atomic E-state index is 0.522. The van der Waals surface area contributed by atoms with E-state index < -0.39 is 12.2 Å². The molecule has 66 valence electrons. The predicted molar refractivity (Wildman–Crippen MR) is 43.9 cm³/mol. The minimum atomic E-state index is -0.648. The Balaban J connectivity index is 4.08. The Bertz CT molecular complexity index is 192. The van der Waals surface area contributed by atoms with Crippen LogP contribution in [-0.4, -0.2) is 23.5 Å². The molecule has 1 atom stereocenters. The van der Waals surface area contributed by atoms with Gasteiger partial charge in [0.2, 0.25) is 6.41 Å². The van der Waals surface area contributed by atoms with E-state index in [2.05, 4.69) is 13.2 Å². The van der Waals surface area contributed by atoms with Crippen LogP contribution in [0, 0.1) is 0 Å². The van der Waals surface area contributed by atoms with E-state index in [0.29, 0.717) is 6.41 Å². The molecule has 0 N–H and O–H groups in total. The highest BCUT2D eigenvalue weighted by molar-refractivity contribution is 5.81. The van der Waals surface area contributed by atoms with Gasteiger partial charge in [-0.25, -0.2) is 4.79 Å².